The van der Waals surface area contributed by atoms with Crippen LogP contribution in [0.15, 0.2) is 48.8 Å². The van der Waals surface area contributed by atoms with E-state index in [9.17, 15) is 4.79 Å². The van der Waals surface area contributed by atoms with Crippen LogP contribution in [0.25, 0.3) is 16.3 Å². The fourth-order valence-electron chi connectivity index (χ4n) is 3.19. The summed E-state index contributed by atoms with van der Waals surface area (Å²) in [5, 5.41) is 1.11. The van der Waals surface area contributed by atoms with Gasteiger partial charge in [-0.1, -0.05) is 30.3 Å². The van der Waals surface area contributed by atoms with Crippen LogP contribution in [0.1, 0.15) is 10.4 Å². The first-order valence-corrected chi connectivity index (χ1v) is 9.50. The summed E-state index contributed by atoms with van der Waals surface area (Å²) in [4.78, 5) is 27.7. The predicted octanol–water partition coefficient (Wildman–Crippen LogP) is 3.36. The molecule has 0 saturated carbocycles. The van der Waals surface area contributed by atoms with Crippen molar-refractivity contribution in [1.82, 2.24) is 14.9 Å². The van der Waals surface area contributed by atoms with Gasteiger partial charge in [0.2, 0.25) is 5.91 Å². The molecular weight excluding hydrogens is 344 g/mol. The van der Waals surface area contributed by atoms with Crippen molar-refractivity contribution in [2.75, 3.05) is 31.1 Å². The summed E-state index contributed by atoms with van der Waals surface area (Å²) in [5.41, 5.74) is 1.04. The molecule has 1 saturated heterocycles. The van der Waals surface area contributed by atoms with E-state index < -0.39 is 0 Å². The number of aryl methyl sites for hydroxylation is 1. The first-order chi connectivity index (χ1) is 12.7. The van der Waals surface area contributed by atoms with E-state index in [0.717, 1.165) is 34.7 Å². The normalized spacial score (nSPS) is 15.1. The van der Waals surface area contributed by atoms with Crippen LogP contribution in [-0.4, -0.2) is 47.0 Å². The zero-order valence-electron chi connectivity index (χ0n) is 14.6. The van der Waals surface area contributed by atoms with Gasteiger partial charge in [0.25, 0.3) is 0 Å². The molecule has 0 aliphatic carbocycles. The standard InChI is InChI=1S/C20H20N4OS/c1-15-13-17-19(21-14-22-20(17)26-15)24-11-9-23(10-12-24)18(25)8-7-16-5-3-2-4-6-16/h2-8,13-14H,9-12H2,1H3/b8-7+. The average molecular weight is 364 g/mol. The van der Waals surface area contributed by atoms with E-state index in [1.807, 2.05) is 41.3 Å². The van der Waals surface area contributed by atoms with Gasteiger partial charge in [0.1, 0.15) is 17.0 Å². The number of anilines is 1. The molecule has 0 bridgehead atoms. The highest BCUT2D eigenvalue weighted by Gasteiger charge is 2.22. The van der Waals surface area contributed by atoms with Gasteiger partial charge in [0, 0.05) is 37.1 Å². The predicted molar refractivity (Wildman–Crippen MR) is 106 cm³/mol. The molecule has 1 amide bonds. The Kier molecular flexibility index (Phi) is 4.67. The smallest absolute Gasteiger partial charge is 0.246 e. The van der Waals surface area contributed by atoms with Crippen LogP contribution in [0.4, 0.5) is 5.82 Å². The summed E-state index contributed by atoms with van der Waals surface area (Å²) in [7, 11) is 0. The van der Waals surface area contributed by atoms with Crippen LogP contribution < -0.4 is 4.90 Å². The molecule has 1 fully saturated rings. The molecule has 2 aromatic heterocycles. The molecule has 0 radical (unpaired) electrons. The van der Waals surface area contributed by atoms with E-state index >= 15 is 0 Å². The Balaban J connectivity index is 1.42. The van der Waals surface area contributed by atoms with Gasteiger partial charge >= 0.3 is 0 Å². The first kappa shape index (κ1) is 16.7. The van der Waals surface area contributed by atoms with Crippen LogP contribution in [-0.2, 0) is 4.79 Å². The molecule has 0 unspecified atom stereocenters. The third-order valence-electron chi connectivity index (χ3n) is 4.54. The fraction of sp³-hybridized carbons (Fsp3) is 0.250. The van der Waals surface area contributed by atoms with Crippen LogP contribution in [0.5, 0.6) is 0 Å². The van der Waals surface area contributed by atoms with Crippen molar-refractivity contribution < 1.29 is 4.79 Å². The van der Waals surface area contributed by atoms with Crippen LogP contribution >= 0.6 is 11.3 Å². The number of amides is 1. The third-order valence-corrected chi connectivity index (χ3v) is 5.50. The minimum atomic E-state index is 0.0627. The minimum Gasteiger partial charge on any atom is -0.352 e. The second-order valence-corrected chi connectivity index (χ2v) is 7.56. The molecule has 1 aliphatic heterocycles. The number of aromatic nitrogens is 2. The van der Waals surface area contributed by atoms with Crippen LogP contribution in [0, 0.1) is 6.92 Å². The molecule has 3 aromatic rings. The second kappa shape index (κ2) is 7.25. The van der Waals surface area contributed by atoms with E-state index in [2.05, 4.69) is 27.9 Å². The molecule has 6 heteroatoms. The number of hydrogen-bond donors (Lipinski definition) is 0. The van der Waals surface area contributed by atoms with Crippen molar-refractivity contribution in [2.45, 2.75) is 6.92 Å². The van der Waals surface area contributed by atoms with Crippen molar-refractivity contribution in [3.8, 4) is 0 Å². The second-order valence-electron chi connectivity index (χ2n) is 6.33. The molecule has 5 nitrogen and oxygen atoms in total. The Morgan fingerprint density at radius 1 is 1.12 bits per heavy atom. The van der Waals surface area contributed by atoms with E-state index in [-0.39, 0.29) is 5.91 Å². The summed E-state index contributed by atoms with van der Waals surface area (Å²) in [6.45, 7) is 5.06. The summed E-state index contributed by atoms with van der Waals surface area (Å²) < 4.78 is 0. The Hall–Kier alpha value is -2.73. The lowest BCUT2D eigenvalue weighted by Crippen LogP contribution is -2.48. The number of thiophene rings is 1. The van der Waals surface area contributed by atoms with Gasteiger partial charge < -0.3 is 9.80 Å². The fourth-order valence-corrected chi connectivity index (χ4v) is 4.03. The van der Waals surface area contributed by atoms with Gasteiger partial charge in [0.15, 0.2) is 0 Å². The van der Waals surface area contributed by atoms with Gasteiger partial charge in [-0.05, 0) is 24.6 Å². The van der Waals surface area contributed by atoms with Crippen molar-refractivity contribution in [3.63, 3.8) is 0 Å². The average Bonchev–Trinajstić information content (AvgIpc) is 3.07. The maximum absolute atomic E-state index is 12.4. The lowest BCUT2D eigenvalue weighted by molar-refractivity contribution is -0.126. The monoisotopic (exact) mass is 364 g/mol. The Morgan fingerprint density at radius 3 is 2.65 bits per heavy atom. The van der Waals surface area contributed by atoms with Crippen LogP contribution in [0.3, 0.4) is 0 Å². The van der Waals surface area contributed by atoms with E-state index in [1.54, 1.807) is 23.7 Å². The summed E-state index contributed by atoms with van der Waals surface area (Å²) >= 11 is 1.69. The maximum atomic E-state index is 12.4. The van der Waals surface area contributed by atoms with Crippen molar-refractivity contribution >= 4 is 39.4 Å². The number of piperazine rings is 1. The summed E-state index contributed by atoms with van der Waals surface area (Å²) in [5.74, 6) is 1.04. The highest BCUT2D eigenvalue weighted by molar-refractivity contribution is 7.18. The molecule has 132 valence electrons. The van der Waals surface area contributed by atoms with Gasteiger partial charge in [-0.2, -0.15) is 0 Å². The molecule has 1 aliphatic rings. The molecule has 0 atom stereocenters. The quantitative estimate of drug-likeness (QED) is 0.669. The Bertz CT molecular complexity index is 943. The molecule has 4 rings (SSSR count). The highest BCUT2D eigenvalue weighted by Crippen LogP contribution is 2.30. The molecular formula is C20H20N4OS. The van der Waals surface area contributed by atoms with E-state index in [1.165, 1.54) is 4.88 Å². The lowest BCUT2D eigenvalue weighted by Gasteiger charge is -2.35. The Morgan fingerprint density at radius 2 is 1.88 bits per heavy atom. The molecule has 0 spiro atoms. The molecule has 26 heavy (non-hydrogen) atoms. The molecule has 3 heterocycles. The lowest BCUT2D eigenvalue weighted by atomic mass is 10.2. The summed E-state index contributed by atoms with van der Waals surface area (Å²) in [6, 6.07) is 12.0. The van der Waals surface area contributed by atoms with Gasteiger partial charge in [0.05, 0.1) is 5.39 Å². The topological polar surface area (TPSA) is 49.3 Å². The molecule has 1 aromatic carbocycles. The number of rotatable bonds is 3. The zero-order chi connectivity index (χ0) is 17.9. The number of nitrogens with zero attached hydrogens (tertiary/aromatic N) is 4. The van der Waals surface area contributed by atoms with Gasteiger partial charge in [-0.25, -0.2) is 9.97 Å². The van der Waals surface area contributed by atoms with Crippen molar-refractivity contribution in [1.29, 1.82) is 0 Å². The number of fused-ring (bicyclic) bond motifs is 1. The van der Waals surface area contributed by atoms with E-state index in [0.29, 0.717) is 13.1 Å². The number of benzene rings is 1. The van der Waals surface area contributed by atoms with Crippen molar-refractivity contribution in [3.05, 3.63) is 59.2 Å². The Labute approximate surface area is 156 Å². The number of hydrogen-bond acceptors (Lipinski definition) is 5. The van der Waals surface area contributed by atoms with Gasteiger partial charge in [-0.3, -0.25) is 4.79 Å². The maximum Gasteiger partial charge on any atom is 0.246 e. The minimum absolute atomic E-state index is 0.0627. The molecule has 0 N–H and O–H groups in total. The van der Waals surface area contributed by atoms with Crippen LogP contribution in [0.2, 0.25) is 0 Å². The SMILES string of the molecule is Cc1cc2c(N3CCN(C(=O)/C=C/c4ccccc4)CC3)ncnc2s1. The van der Waals surface area contributed by atoms with E-state index in [4.69, 9.17) is 0 Å². The highest BCUT2D eigenvalue weighted by atomic mass is 32.1. The zero-order valence-corrected chi connectivity index (χ0v) is 15.4. The number of carbonyl (C=O) groups excluding carboxylic acids is 1. The van der Waals surface area contributed by atoms with Gasteiger partial charge in [-0.15, -0.1) is 11.3 Å². The number of carbonyl (C=O) groups is 1. The first-order valence-electron chi connectivity index (χ1n) is 8.69. The van der Waals surface area contributed by atoms with Crippen molar-refractivity contribution in [2.24, 2.45) is 0 Å². The summed E-state index contributed by atoms with van der Waals surface area (Å²) in [6.07, 6.45) is 5.17. The largest absolute Gasteiger partial charge is 0.352 e. The third kappa shape index (κ3) is 3.46.